The Labute approximate surface area is 114 Å². The lowest BCUT2D eigenvalue weighted by Crippen LogP contribution is -2.35. The van der Waals surface area contributed by atoms with Crippen molar-refractivity contribution < 1.29 is 8.42 Å². The molecule has 0 unspecified atom stereocenters. The van der Waals surface area contributed by atoms with Gasteiger partial charge in [-0.3, -0.25) is 0 Å². The lowest BCUT2D eigenvalue weighted by Gasteiger charge is -2.22. The molecule has 2 saturated carbocycles. The Hall–Kier alpha value is -0.910. The zero-order chi connectivity index (χ0) is 13.5. The fourth-order valence-corrected chi connectivity index (χ4v) is 4.16. The average molecular weight is 280 g/mol. The van der Waals surface area contributed by atoms with Crippen LogP contribution in [0.3, 0.4) is 0 Å². The molecule has 0 amide bonds. The molecule has 5 heteroatoms. The molecule has 1 aromatic carbocycles. The highest BCUT2D eigenvalue weighted by Crippen LogP contribution is 2.38. The Bertz CT molecular complexity index is 563. The van der Waals surface area contributed by atoms with Crippen LogP contribution in [-0.4, -0.2) is 25.3 Å². The summed E-state index contributed by atoms with van der Waals surface area (Å²) in [5.41, 5.74) is 6.46. The lowest BCUT2D eigenvalue weighted by atomic mass is 10.2. The molecule has 19 heavy (non-hydrogen) atoms. The molecule has 2 aliphatic rings. The van der Waals surface area contributed by atoms with Crippen molar-refractivity contribution in [1.29, 1.82) is 0 Å². The van der Waals surface area contributed by atoms with E-state index in [2.05, 4.69) is 0 Å². The molecule has 2 N–H and O–H groups in total. The van der Waals surface area contributed by atoms with Crippen molar-refractivity contribution in [2.24, 2.45) is 11.7 Å². The molecular weight excluding hydrogens is 260 g/mol. The van der Waals surface area contributed by atoms with Crippen molar-refractivity contribution >= 4 is 10.0 Å². The Morgan fingerprint density at radius 1 is 1.21 bits per heavy atom. The van der Waals surface area contributed by atoms with E-state index in [4.69, 9.17) is 5.73 Å². The third-order valence-electron chi connectivity index (χ3n) is 3.83. The van der Waals surface area contributed by atoms with Crippen LogP contribution < -0.4 is 5.73 Å². The van der Waals surface area contributed by atoms with Crippen molar-refractivity contribution in [1.82, 2.24) is 4.31 Å². The largest absolute Gasteiger partial charge is 0.326 e. The highest BCUT2D eigenvalue weighted by molar-refractivity contribution is 7.89. The summed E-state index contributed by atoms with van der Waals surface area (Å²) in [6.07, 6.45) is 4.34. The first kappa shape index (κ1) is 13.1. The van der Waals surface area contributed by atoms with Crippen LogP contribution in [0.15, 0.2) is 29.2 Å². The molecular formula is C14H20N2O2S. The minimum atomic E-state index is -3.35. The normalized spacial score (nSPS) is 19.9. The number of nitrogens with two attached hydrogens (primary N) is 1. The fraction of sp³-hybridized carbons (Fsp3) is 0.571. The summed E-state index contributed by atoms with van der Waals surface area (Å²) in [5.74, 6) is 0.577. The first-order valence-corrected chi connectivity index (χ1v) is 8.36. The van der Waals surface area contributed by atoms with E-state index in [-0.39, 0.29) is 6.04 Å². The second kappa shape index (κ2) is 4.89. The molecule has 0 aromatic heterocycles. The summed E-state index contributed by atoms with van der Waals surface area (Å²) < 4.78 is 27.2. The molecule has 2 aliphatic carbocycles. The van der Waals surface area contributed by atoms with Gasteiger partial charge < -0.3 is 5.73 Å². The number of nitrogens with zero attached hydrogens (tertiary/aromatic N) is 1. The maximum atomic E-state index is 12.7. The van der Waals surface area contributed by atoms with Gasteiger partial charge in [0.2, 0.25) is 10.0 Å². The van der Waals surface area contributed by atoms with Crippen LogP contribution in [0.2, 0.25) is 0 Å². The topological polar surface area (TPSA) is 63.4 Å². The Morgan fingerprint density at radius 3 is 2.53 bits per heavy atom. The van der Waals surface area contributed by atoms with Crippen LogP contribution in [0.25, 0.3) is 0 Å². The van der Waals surface area contributed by atoms with E-state index in [1.165, 1.54) is 12.8 Å². The molecule has 3 rings (SSSR count). The molecule has 0 atom stereocenters. The minimum Gasteiger partial charge on any atom is -0.326 e. The lowest BCUT2D eigenvalue weighted by molar-refractivity contribution is 0.388. The maximum Gasteiger partial charge on any atom is 0.243 e. The predicted molar refractivity (Wildman–Crippen MR) is 74.0 cm³/mol. The maximum absolute atomic E-state index is 12.7. The van der Waals surface area contributed by atoms with Gasteiger partial charge in [0.05, 0.1) is 4.90 Å². The second-order valence-corrected chi connectivity index (χ2v) is 7.49. The number of hydrogen-bond donors (Lipinski definition) is 1. The van der Waals surface area contributed by atoms with Crippen molar-refractivity contribution in [3.63, 3.8) is 0 Å². The Balaban J connectivity index is 1.89. The number of benzene rings is 1. The number of rotatable bonds is 6. The molecule has 0 bridgehead atoms. The van der Waals surface area contributed by atoms with E-state index in [1.54, 1.807) is 22.5 Å². The summed E-state index contributed by atoms with van der Waals surface area (Å²) in [4.78, 5) is 0.392. The summed E-state index contributed by atoms with van der Waals surface area (Å²) >= 11 is 0. The van der Waals surface area contributed by atoms with Gasteiger partial charge in [-0.1, -0.05) is 12.1 Å². The van der Waals surface area contributed by atoms with Crippen molar-refractivity contribution in [3.05, 3.63) is 29.8 Å². The van der Waals surface area contributed by atoms with E-state index in [1.807, 2.05) is 6.07 Å². The molecule has 0 heterocycles. The van der Waals surface area contributed by atoms with Gasteiger partial charge in [0, 0.05) is 19.1 Å². The van der Waals surface area contributed by atoms with Crippen LogP contribution in [0, 0.1) is 5.92 Å². The van der Waals surface area contributed by atoms with Gasteiger partial charge in [-0.15, -0.1) is 0 Å². The highest BCUT2D eigenvalue weighted by atomic mass is 32.2. The molecule has 0 aliphatic heterocycles. The zero-order valence-electron chi connectivity index (χ0n) is 11.0. The summed E-state index contributed by atoms with van der Waals surface area (Å²) in [6, 6.07) is 7.25. The minimum absolute atomic E-state index is 0.229. The van der Waals surface area contributed by atoms with Crippen molar-refractivity contribution in [3.8, 4) is 0 Å². The average Bonchev–Trinajstić information content (AvgIpc) is 3.28. The van der Waals surface area contributed by atoms with E-state index in [9.17, 15) is 8.42 Å². The van der Waals surface area contributed by atoms with Gasteiger partial charge in [-0.25, -0.2) is 8.42 Å². The third-order valence-corrected chi connectivity index (χ3v) is 5.74. The van der Waals surface area contributed by atoms with E-state index in [0.717, 1.165) is 18.4 Å². The number of hydrogen-bond acceptors (Lipinski definition) is 3. The smallest absolute Gasteiger partial charge is 0.243 e. The third kappa shape index (κ3) is 2.83. The monoisotopic (exact) mass is 280 g/mol. The fourth-order valence-electron chi connectivity index (χ4n) is 2.33. The van der Waals surface area contributed by atoms with E-state index >= 15 is 0 Å². The molecule has 0 saturated heterocycles. The molecule has 0 radical (unpaired) electrons. The quantitative estimate of drug-likeness (QED) is 0.863. The molecule has 0 spiro atoms. The van der Waals surface area contributed by atoms with Crippen molar-refractivity contribution in [2.45, 2.75) is 43.2 Å². The van der Waals surface area contributed by atoms with Crippen LogP contribution >= 0.6 is 0 Å². The van der Waals surface area contributed by atoms with Gasteiger partial charge in [0.25, 0.3) is 0 Å². The Kier molecular flexibility index (Phi) is 3.37. The summed E-state index contributed by atoms with van der Waals surface area (Å²) in [6.45, 7) is 1.06. The van der Waals surface area contributed by atoms with Gasteiger partial charge >= 0.3 is 0 Å². The first-order chi connectivity index (χ1) is 9.11. The van der Waals surface area contributed by atoms with Gasteiger partial charge in [0.15, 0.2) is 0 Å². The van der Waals surface area contributed by atoms with E-state index in [0.29, 0.717) is 23.9 Å². The van der Waals surface area contributed by atoms with Gasteiger partial charge in [-0.2, -0.15) is 4.31 Å². The van der Waals surface area contributed by atoms with Crippen LogP contribution in [0.4, 0.5) is 0 Å². The Morgan fingerprint density at radius 2 is 1.95 bits per heavy atom. The summed E-state index contributed by atoms with van der Waals surface area (Å²) in [7, 11) is -3.35. The summed E-state index contributed by atoms with van der Waals surface area (Å²) in [5, 5.41) is 0. The molecule has 104 valence electrons. The SMILES string of the molecule is NCc1cccc(S(=O)(=O)N(CC2CC2)C2CC2)c1. The molecule has 2 fully saturated rings. The molecule has 4 nitrogen and oxygen atoms in total. The standard InChI is InChI=1S/C14H20N2O2S/c15-9-12-2-1-3-14(8-12)19(17,18)16(13-6-7-13)10-11-4-5-11/h1-3,8,11,13H,4-7,9-10,15H2. The predicted octanol–water partition coefficient (Wildman–Crippen LogP) is 1.71. The highest BCUT2D eigenvalue weighted by Gasteiger charge is 2.41. The molecule has 1 aromatic rings. The van der Waals surface area contributed by atoms with Gasteiger partial charge in [0.1, 0.15) is 0 Å². The zero-order valence-corrected chi connectivity index (χ0v) is 11.8. The van der Waals surface area contributed by atoms with Crippen LogP contribution in [-0.2, 0) is 16.6 Å². The van der Waals surface area contributed by atoms with Crippen LogP contribution in [0.1, 0.15) is 31.2 Å². The van der Waals surface area contributed by atoms with Crippen molar-refractivity contribution in [2.75, 3.05) is 6.54 Å². The van der Waals surface area contributed by atoms with Gasteiger partial charge in [-0.05, 0) is 49.3 Å². The van der Waals surface area contributed by atoms with Crippen LogP contribution in [0.5, 0.6) is 0 Å². The first-order valence-electron chi connectivity index (χ1n) is 6.92. The number of sulfonamides is 1. The van der Waals surface area contributed by atoms with E-state index < -0.39 is 10.0 Å². The second-order valence-electron chi connectivity index (χ2n) is 5.60.